The number of hydrogen-bond acceptors (Lipinski definition) is 5. The zero-order chi connectivity index (χ0) is 17.7. The molecule has 1 heterocycles. The van der Waals surface area contributed by atoms with Crippen molar-refractivity contribution in [3.05, 3.63) is 56.9 Å². The molecule has 5 nitrogen and oxygen atoms in total. The topological polar surface area (TPSA) is 79.2 Å². The molecule has 2 aromatic rings. The Hall–Kier alpha value is -2.62. The Bertz CT molecular complexity index is 865. The number of aryl methyl sites for hydroxylation is 1. The number of amides is 1. The number of benzene rings is 1. The van der Waals surface area contributed by atoms with Gasteiger partial charge in [0.25, 0.3) is 5.91 Å². The number of ether oxygens (including phenoxy) is 1. The number of nitrogens with zero attached hydrogens (tertiary/aromatic N) is 1. The summed E-state index contributed by atoms with van der Waals surface area (Å²) in [5.74, 6) is -1.16. The molecule has 0 saturated heterocycles. The first-order valence-electron chi connectivity index (χ1n) is 6.82. The molecule has 122 valence electrons. The molecule has 0 radical (unpaired) electrons. The number of carbonyl (C=O) groups is 2. The Morgan fingerprint density at radius 3 is 2.75 bits per heavy atom. The van der Waals surface area contributed by atoms with Crippen LogP contribution in [0.2, 0.25) is 5.02 Å². The van der Waals surface area contributed by atoms with Gasteiger partial charge in [-0.25, -0.2) is 4.79 Å². The lowest BCUT2D eigenvalue weighted by Gasteiger charge is -2.04. The Kier molecular flexibility index (Phi) is 5.74. The van der Waals surface area contributed by atoms with Crippen molar-refractivity contribution in [3.63, 3.8) is 0 Å². The summed E-state index contributed by atoms with van der Waals surface area (Å²) in [7, 11) is 1.26. The first-order chi connectivity index (χ1) is 11.4. The highest BCUT2D eigenvalue weighted by Crippen LogP contribution is 2.28. The molecular formula is C17H13ClN2O3S. The maximum absolute atomic E-state index is 12.3. The van der Waals surface area contributed by atoms with Crippen LogP contribution in [0.3, 0.4) is 0 Å². The average molecular weight is 361 g/mol. The number of esters is 1. The molecule has 24 heavy (non-hydrogen) atoms. The van der Waals surface area contributed by atoms with Crippen LogP contribution in [0.4, 0.5) is 5.00 Å². The summed E-state index contributed by atoms with van der Waals surface area (Å²) in [4.78, 5) is 24.9. The number of nitrogens with one attached hydrogen (secondary N) is 1. The highest BCUT2D eigenvalue weighted by Gasteiger charge is 2.19. The first kappa shape index (κ1) is 17.7. The molecule has 0 bridgehead atoms. The molecule has 0 aliphatic carbocycles. The number of halogens is 1. The van der Waals surface area contributed by atoms with Gasteiger partial charge in [-0.2, -0.15) is 5.26 Å². The van der Waals surface area contributed by atoms with E-state index in [-0.39, 0.29) is 11.1 Å². The van der Waals surface area contributed by atoms with Crippen LogP contribution in [-0.2, 0) is 9.53 Å². The SMILES string of the molecule is COC(=O)c1cc(C)sc1NC(=O)/C(C#N)=C/c1cccc(Cl)c1. The van der Waals surface area contributed by atoms with E-state index >= 15 is 0 Å². The third-order valence-electron chi connectivity index (χ3n) is 3.01. The molecule has 0 aliphatic rings. The molecule has 0 unspecified atom stereocenters. The van der Waals surface area contributed by atoms with E-state index in [0.29, 0.717) is 15.6 Å². The number of anilines is 1. The van der Waals surface area contributed by atoms with Gasteiger partial charge in [-0.1, -0.05) is 23.7 Å². The van der Waals surface area contributed by atoms with Gasteiger partial charge in [0.2, 0.25) is 0 Å². The summed E-state index contributed by atoms with van der Waals surface area (Å²) in [5.41, 5.74) is 0.789. The van der Waals surface area contributed by atoms with Crippen LogP contribution in [-0.4, -0.2) is 19.0 Å². The van der Waals surface area contributed by atoms with Gasteiger partial charge in [0.15, 0.2) is 0 Å². The summed E-state index contributed by atoms with van der Waals surface area (Å²) >= 11 is 7.13. The standard InChI is InChI=1S/C17H13ClN2O3S/c1-10-6-14(17(22)23-2)16(24-10)20-15(21)12(9-19)7-11-4-3-5-13(18)8-11/h3-8H,1-2H3,(H,20,21)/b12-7+. The highest BCUT2D eigenvalue weighted by molar-refractivity contribution is 7.16. The van der Waals surface area contributed by atoms with E-state index in [1.807, 2.05) is 6.07 Å². The van der Waals surface area contributed by atoms with Crippen LogP contribution in [0.25, 0.3) is 6.08 Å². The van der Waals surface area contributed by atoms with E-state index in [9.17, 15) is 14.9 Å². The van der Waals surface area contributed by atoms with Crippen molar-refractivity contribution in [1.82, 2.24) is 0 Å². The van der Waals surface area contributed by atoms with Gasteiger partial charge in [-0.05, 0) is 36.8 Å². The van der Waals surface area contributed by atoms with E-state index in [1.165, 1.54) is 24.5 Å². The largest absolute Gasteiger partial charge is 0.465 e. The fourth-order valence-corrected chi connectivity index (χ4v) is 3.04. The summed E-state index contributed by atoms with van der Waals surface area (Å²) in [6, 6.07) is 10.3. The molecule has 0 atom stereocenters. The molecule has 7 heteroatoms. The molecule has 2 rings (SSSR count). The average Bonchev–Trinajstić information content (AvgIpc) is 2.92. The molecule has 0 saturated carbocycles. The lowest BCUT2D eigenvalue weighted by molar-refractivity contribution is -0.112. The summed E-state index contributed by atoms with van der Waals surface area (Å²) in [6.07, 6.45) is 1.43. The van der Waals surface area contributed by atoms with E-state index < -0.39 is 11.9 Å². The van der Waals surface area contributed by atoms with Crippen molar-refractivity contribution >= 4 is 45.9 Å². The fourth-order valence-electron chi connectivity index (χ4n) is 1.95. The number of methoxy groups -OCH3 is 1. The zero-order valence-electron chi connectivity index (χ0n) is 12.9. The van der Waals surface area contributed by atoms with Crippen LogP contribution in [0.15, 0.2) is 35.9 Å². The zero-order valence-corrected chi connectivity index (χ0v) is 14.5. The second-order valence-electron chi connectivity index (χ2n) is 4.77. The summed E-state index contributed by atoms with van der Waals surface area (Å²) in [5, 5.41) is 12.7. The van der Waals surface area contributed by atoms with Gasteiger partial charge >= 0.3 is 5.97 Å². The lowest BCUT2D eigenvalue weighted by atomic mass is 10.1. The van der Waals surface area contributed by atoms with Crippen LogP contribution >= 0.6 is 22.9 Å². The maximum Gasteiger partial charge on any atom is 0.340 e. The number of carbonyl (C=O) groups excluding carboxylic acids is 2. The lowest BCUT2D eigenvalue weighted by Crippen LogP contribution is -2.15. The highest BCUT2D eigenvalue weighted by atomic mass is 35.5. The third-order valence-corrected chi connectivity index (χ3v) is 4.21. The molecule has 0 spiro atoms. The van der Waals surface area contributed by atoms with Crippen molar-refractivity contribution in [2.75, 3.05) is 12.4 Å². The van der Waals surface area contributed by atoms with E-state index in [4.69, 9.17) is 11.6 Å². The fraction of sp³-hybridized carbons (Fsp3) is 0.118. The second-order valence-corrected chi connectivity index (χ2v) is 6.46. The van der Waals surface area contributed by atoms with Gasteiger partial charge < -0.3 is 10.1 Å². The van der Waals surface area contributed by atoms with Crippen molar-refractivity contribution < 1.29 is 14.3 Å². The third kappa shape index (κ3) is 4.22. The molecule has 0 aliphatic heterocycles. The molecule has 0 fully saturated rings. The predicted molar refractivity (Wildman–Crippen MR) is 94.1 cm³/mol. The predicted octanol–water partition coefficient (Wildman–Crippen LogP) is 4.04. The van der Waals surface area contributed by atoms with Crippen LogP contribution in [0.5, 0.6) is 0 Å². The maximum atomic E-state index is 12.3. The van der Waals surface area contributed by atoms with Crippen molar-refractivity contribution in [2.45, 2.75) is 6.92 Å². The Morgan fingerprint density at radius 1 is 1.38 bits per heavy atom. The normalized spacial score (nSPS) is 10.8. The Morgan fingerprint density at radius 2 is 2.12 bits per heavy atom. The number of thiophene rings is 1. The summed E-state index contributed by atoms with van der Waals surface area (Å²) < 4.78 is 4.69. The summed E-state index contributed by atoms with van der Waals surface area (Å²) in [6.45, 7) is 1.81. The van der Waals surface area contributed by atoms with Gasteiger partial charge in [0.1, 0.15) is 16.6 Å². The van der Waals surface area contributed by atoms with Gasteiger partial charge in [-0.3, -0.25) is 4.79 Å². The molecule has 1 aromatic carbocycles. The van der Waals surface area contributed by atoms with Crippen LogP contribution in [0.1, 0.15) is 20.8 Å². The molecule has 1 amide bonds. The van der Waals surface area contributed by atoms with Crippen molar-refractivity contribution in [1.29, 1.82) is 5.26 Å². The Labute approximate surface area is 148 Å². The number of rotatable bonds is 4. The van der Waals surface area contributed by atoms with Gasteiger partial charge in [-0.15, -0.1) is 11.3 Å². The number of hydrogen-bond donors (Lipinski definition) is 1. The monoisotopic (exact) mass is 360 g/mol. The minimum Gasteiger partial charge on any atom is -0.465 e. The smallest absolute Gasteiger partial charge is 0.340 e. The minimum atomic E-state index is -0.607. The van der Waals surface area contributed by atoms with E-state index in [2.05, 4.69) is 10.1 Å². The van der Waals surface area contributed by atoms with Crippen LogP contribution < -0.4 is 5.32 Å². The second kappa shape index (κ2) is 7.77. The van der Waals surface area contributed by atoms with Crippen LogP contribution in [0, 0.1) is 18.3 Å². The van der Waals surface area contributed by atoms with Crippen molar-refractivity contribution in [2.24, 2.45) is 0 Å². The molecule has 1 aromatic heterocycles. The van der Waals surface area contributed by atoms with Gasteiger partial charge in [0.05, 0.1) is 12.7 Å². The van der Waals surface area contributed by atoms with Gasteiger partial charge in [0, 0.05) is 9.90 Å². The quantitative estimate of drug-likeness (QED) is 0.507. The first-order valence-corrected chi connectivity index (χ1v) is 8.01. The molecule has 1 N–H and O–H groups in total. The van der Waals surface area contributed by atoms with E-state index in [0.717, 1.165) is 4.88 Å². The van der Waals surface area contributed by atoms with Crippen molar-refractivity contribution in [3.8, 4) is 6.07 Å². The minimum absolute atomic E-state index is 0.0980. The molecular weight excluding hydrogens is 348 g/mol. The van der Waals surface area contributed by atoms with E-state index in [1.54, 1.807) is 37.3 Å². The Balaban J connectivity index is 2.28. The number of nitriles is 1.